The molecule has 0 radical (unpaired) electrons. The van der Waals surface area contributed by atoms with Crippen molar-refractivity contribution in [3.05, 3.63) is 0 Å². The van der Waals surface area contributed by atoms with Crippen LogP contribution in [0.3, 0.4) is 0 Å². The Hall–Kier alpha value is 0.1000. The quantitative estimate of drug-likeness (QED) is 0.247. The fraction of sp³-hybridized carbons (Fsp3) is 0.800. The van der Waals surface area contributed by atoms with Crippen LogP contribution in [0.25, 0.3) is 0 Å². The maximum atomic E-state index is 10.9. The van der Waals surface area contributed by atoms with E-state index >= 15 is 0 Å². The molecule has 0 amide bonds. The molecule has 0 unspecified atom stereocenters. The summed E-state index contributed by atoms with van der Waals surface area (Å²) < 4.78 is 4.40. The van der Waals surface area contributed by atoms with Crippen LogP contribution in [0.2, 0.25) is 0 Å². The number of hydrogen-bond acceptors (Lipinski definition) is 4. The van der Waals surface area contributed by atoms with Gasteiger partial charge in [0.2, 0.25) is 0 Å². The van der Waals surface area contributed by atoms with E-state index in [1.165, 1.54) is 12.8 Å². The number of carbonyl (C=O) groups is 2. The Morgan fingerprint density at radius 3 is 2.27 bits per heavy atom. The van der Waals surface area contributed by atoms with E-state index < -0.39 is 11.9 Å². The van der Waals surface area contributed by atoms with E-state index in [9.17, 15) is 9.59 Å². The number of unbranched alkanes of at least 4 members (excludes halogenated alkanes) is 4. The number of carbonyl (C=O) groups excluding carboxylic acids is 2. The predicted octanol–water partition coefficient (Wildman–Crippen LogP) is -1.51. The van der Waals surface area contributed by atoms with Crippen LogP contribution in [0.4, 0.5) is 0 Å². The van der Waals surface area contributed by atoms with Crippen molar-refractivity contribution in [2.24, 2.45) is 5.73 Å². The molecular formula is C10H20NNaO3. The largest absolute Gasteiger partial charge is 1.00 e. The molecule has 4 nitrogen and oxygen atoms in total. The zero-order chi connectivity index (χ0) is 10.8. The van der Waals surface area contributed by atoms with Crippen LogP contribution in [0.1, 0.15) is 46.9 Å². The molecule has 0 aliphatic rings. The maximum absolute atomic E-state index is 10.9. The standard InChI is InChI=1S/C10H19NO3.Na.H/c1-2-3-4-5-6-7-9(12)14-10(13)8-11;;/h2-8,11H2,1H3;;/q;+1;-1. The minimum atomic E-state index is -0.649. The summed E-state index contributed by atoms with van der Waals surface area (Å²) in [6.07, 6.45) is 5.62. The van der Waals surface area contributed by atoms with E-state index in [0.717, 1.165) is 19.3 Å². The summed E-state index contributed by atoms with van der Waals surface area (Å²) in [5, 5.41) is 0. The van der Waals surface area contributed by atoms with Gasteiger partial charge in [-0.3, -0.25) is 9.59 Å². The monoisotopic (exact) mass is 225 g/mol. The normalized spacial score (nSPS) is 9.20. The number of rotatable bonds is 7. The Kier molecular flexibility index (Phi) is 14.2. The average Bonchev–Trinajstić information content (AvgIpc) is 2.17. The van der Waals surface area contributed by atoms with E-state index in [-0.39, 0.29) is 37.5 Å². The maximum Gasteiger partial charge on any atom is 1.00 e. The van der Waals surface area contributed by atoms with Gasteiger partial charge < -0.3 is 11.9 Å². The molecule has 0 saturated heterocycles. The third-order valence-corrected chi connectivity index (χ3v) is 1.88. The first-order valence-electron chi connectivity index (χ1n) is 5.14. The number of esters is 2. The number of ether oxygens (including phenoxy) is 1. The molecule has 0 heterocycles. The van der Waals surface area contributed by atoms with Gasteiger partial charge >= 0.3 is 41.5 Å². The SMILES string of the molecule is CCCCCCCC(=O)OC(=O)CN.[H-].[Na+]. The van der Waals surface area contributed by atoms with Gasteiger partial charge in [0.15, 0.2) is 0 Å². The summed E-state index contributed by atoms with van der Waals surface area (Å²) in [6, 6.07) is 0. The zero-order valence-electron chi connectivity index (χ0n) is 10.8. The molecule has 0 rings (SSSR count). The van der Waals surface area contributed by atoms with E-state index in [1.807, 2.05) is 0 Å². The smallest absolute Gasteiger partial charge is 1.00 e. The third-order valence-electron chi connectivity index (χ3n) is 1.88. The van der Waals surface area contributed by atoms with Crippen molar-refractivity contribution in [1.29, 1.82) is 0 Å². The van der Waals surface area contributed by atoms with E-state index in [2.05, 4.69) is 11.7 Å². The Bertz CT molecular complexity index is 191. The molecule has 0 saturated carbocycles. The second-order valence-corrected chi connectivity index (χ2v) is 3.21. The molecule has 0 aliphatic heterocycles. The van der Waals surface area contributed by atoms with Gasteiger partial charge in [0.05, 0.1) is 6.54 Å². The third kappa shape index (κ3) is 12.0. The molecule has 0 bridgehead atoms. The van der Waals surface area contributed by atoms with Gasteiger partial charge in [-0.25, -0.2) is 0 Å². The van der Waals surface area contributed by atoms with E-state index in [1.54, 1.807) is 0 Å². The predicted molar refractivity (Wildman–Crippen MR) is 54.6 cm³/mol. The number of hydrogen-bond donors (Lipinski definition) is 1. The molecule has 84 valence electrons. The summed E-state index contributed by atoms with van der Waals surface area (Å²) in [5.41, 5.74) is 4.99. The van der Waals surface area contributed by atoms with Crippen molar-refractivity contribution in [3.8, 4) is 0 Å². The van der Waals surface area contributed by atoms with Gasteiger partial charge in [-0.1, -0.05) is 32.6 Å². The molecule has 0 atom stereocenters. The summed E-state index contributed by atoms with van der Waals surface area (Å²) in [4.78, 5) is 21.5. The van der Waals surface area contributed by atoms with E-state index in [4.69, 9.17) is 5.73 Å². The summed E-state index contributed by atoms with van der Waals surface area (Å²) in [5.74, 6) is -1.11. The second-order valence-electron chi connectivity index (χ2n) is 3.21. The molecule has 0 spiro atoms. The molecule has 0 aliphatic carbocycles. The second kappa shape index (κ2) is 12.2. The molecule has 0 aromatic carbocycles. The van der Waals surface area contributed by atoms with Gasteiger partial charge in [-0.05, 0) is 6.42 Å². The minimum Gasteiger partial charge on any atom is -1.00 e. The Morgan fingerprint density at radius 2 is 1.73 bits per heavy atom. The van der Waals surface area contributed by atoms with Crippen LogP contribution >= 0.6 is 0 Å². The molecule has 0 aromatic heterocycles. The molecular weight excluding hydrogens is 205 g/mol. The van der Waals surface area contributed by atoms with Gasteiger partial charge in [0.25, 0.3) is 0 Å². The molecule has 15 heavy (non-hydrogen) atoms. The van der Waals surface area contributed by atoms with E-state index in [0.29, 0.717) is 6.42 Å². The van der Waals surface area contributed by atoms with Crippen molar-refractivity contribution < 1.29 is 45.3 Å². The average molecular weight is 225 g/mol. The van der Waals surface area contributed by atoms with Crippen LogP contribution in [-0.4, -0.2) is 18.5 Å². The fourth-order valence-corrected chi connectivity index (χ4v) is 1.09. The first-order valence-corrected chi connectivity index (χ1v) is 5.14. The molecule has 0 fully saturated rings. The molecule has 2 N–H and O–H groups in total. The van der Waals surface area contributed by atoms with Crippen LogP contribution in [0, 0.1) is 0 Å². The van der Waals surface area contributed by atoms with Crippen molar-refractivity contribution >= 4 is 11.9 Å². The van der Waals surface area contributed by atoms with Crippen molar-refractivity contribution in [3.63, 3.8) is 0 Å². The van der Waals surface area contributed by atoms with Gasteiger partial charge in [-0.2, -0.15) is 0 Å². The molecule has 5 heteroatoms. The van der Waals surface area contributed by atoms with Crippen molar-refractivity contribution in [2.75, 3.05) is 6.54 Å². The van der Waals surface area contributed by atoms with Gasteiger partial charge in [0, 0.05) is 6.42 Å². The van der Waals surface area contributed by atoms with Crippen molar-refractivity contribution in [2.45, 2.75) is 45.4 Å². The Morgan fingerprint density at radius 1 is 1.13 bits per heavy atom. The Labute approximate surface area is 115 Å². The fourth-order valence-electron chi connectivity index (χ4n) is 1.09. The minimum absolute atomic E-state index is 0. The molecule has 0 aromatic rings. The number of nitrogens with two attached hydrogens (primary N) is 1. The van der Waals surface area contributed by atoms with Crippen LogP contribution in [-0.2, 0) is 14.3 Å². The van der Waals surface area contributed by atoms with Crippen LogP contribution in [0.5, 0.6) is 0 Å². The summed E-state index contributed by atoms with van der Waals surface area (Å²) in [6.45, 7) is 1.90. The summed E-state index contributed by atoms with van der Waals surface area (Å²) in [7, 11) is 0. The zero-order valence-corrected chi connectivity index (χ0v) is 11.8. The van der Waals surface area contributed by atoms with Gasteiger partial charge in [0.1, 0.15) is 0 Å². The van der Waals surface area contributed by atoms with Crippen LogP contribution in [0.15, 0.2) is 0 Å². The summed E-state index contributed by atoms with van der Waals surface area (Å²) >= 11 is 0. The van der Waals surface area contributed by atoms with Crippen molar-refractivity contribution in [1.82, 2.24) is 0 Å². The first kappa shape index (κ1) is 17.5. The van der Waals surface area contributed by atoms with Crippen LogP contribution < -0.4 is 35.3 Å². The Balaban J connectivity index is -0.000000845. The topological polar surface area (TPSA) is 69.4 Å². The van der Waals surface area contributed by atoms with Gasteiger partial charge in [-0.15, -0.1) is 0 Å². The first-order chi connectivity index (χ1) is 6.70.